The fraction of sp³-hybridized carbons (Fsp3) is 0.0714. The van der Waals surface area contributed by atoms with Crippen LogP contribution in [0, 0.1) is 5.82 Å². The Balaban J connectivity index is 2.51. The maximum atomic E-state index is 13.6. The number of hydrogen-bond donors (Lipinski definition) is 0. The van der Waals surface area contributed by atoms with Crippen LogP contribution < -0.4 is 4.74 Å². The van der Waals surface area contributed by atoms with Crippen molar-refractivity contribution in [2.45, 2.75) is 0 Å². The van der Waals surface area contributed by atoms with Crippen LogP contribution in [0.25, 0.3) is 0 Å². The molecule has 4 heteroatoms. The Morgan fingerprint density at radius 2 is 1.89 bits per heavy atom. The summed E-state index contributed by atoms with van der Waals surface area (Å²) in [4.78, 5) is 12.2. The first-order valence-electron chi connectivity index (χ1n) is 5.26. The maximum absolute atomic E-state index is 13.6. The van der Waals surface area contributed by atoms with Crippen LogP contribution in [0.5, 0.6) is 5.75 Å². The van der Waals surface area contributed by atoms with E-state index < -0.39 is 11.6 Å². The molecule has 0 aliphatic carbocycles. The standard InChI is InChI=1S/C14H10ClFO2/c1-18-13-5-3-2-4-10(13)14(17)11-8-9(15)6-7-12(11)16/h2-8H,1H3. The normalized spacial score (nSPS) is 10.2. The number of rotatable bonds is 3. The van der Waals surface area contributed by atoms with E-state index >= 15 is 0 Å². The molecule has 0 amide bonds. The van der Waals surface area contributed by atoms with Gasteiger partial charge < -0.3 is 4.74 Å². The highest BCUT2D eigenvalue weighted by molar-refractivity contribution is 6.31. The highest BCUT2D eigenvalue weighted by atomic mass is 35.5. The number of para-hydroxylation sites is 1. The summed E-state index contributed by atoms with van der Waals surface area (Å²) in [5, 5.41) is 0.314. The van der Waals surface area contributed by atoms with Crippen molar-refractivity contribution in [3.05, 3.63) is 64.4 Å². The number of hydrogen-bond acceptors (Lipinski definition) is 2. The lowest BCUT2D eigenvalue weighted by molar-refractivity contribution is 0.103. The first-order chi connectivity index (χ1) is 8.63. The molecule has 0 aliphatic heterocycles. The Bertz CT molecular complexity index is 596. The number of ketones is 1. The number of ether oxygens (including phenoxy) is 1. The zero-order chi connectivity index (χ0) is 13.1. The van der Waals surface area contributed by atoms with E-state index in [-0.39, 0.29) is 5.56 Å². The highest BCUT2D eigenvalue weighted by Gasteiger charge is 2.17. The summed E-state index contributed by atoms with van der Waals surface area (Å²) in [5.41, 5.74) is 0.244. The summed E-state index contributed by atoms with van der Waals surface area (Å²) in [7, 11) is 1.46. The molecule has 0 bridgehead atoms. The van der Waals surface area contributed by atoms with Crippen molar-refractivity contribution < 1.29 is 13.9 Å². The first kappa shape index (κ1) is 12.6. The minimum Gasteiger partial charge on any atom is -0.496 e. The molecule has 0 heterocycles. The third-order valence-electron chi connectivity index (χ3n) is 2.52. The van der Waals surface area contributed by atoms with Gasteiger partial charge in [0.1, 0.15) is 11.6 Å². The quantitative estimate of drug-likeness (QED) is 0.790. The molecule has 0 spiro atoms. The Morgan fingerprint density at radius 1 is 1.17 bits per heavy atom. The maximum Gasteiger partial charge on any atom is 0.199 e. The molecular weight excluding hydrogens is 255 g/mol. The van der Waals surface area contributed by atoms with Gasteiger partial charge in [-0.15, -0.1) is 0 Å². The van der Waals surface area contributed by atoms with Gasteiger partial charge in [0.05, 0.1) is 18.2 Å². The van der Waals surface area contributed by atoms with Gasteiger partial charge in [-0.1, -0.05) is 23.7 Å². The van der Waals surface area contributed by atoms with Gasteiger partial charge in [-0.05, 0) is 30.3 Å². The number of methoxy groups -OCH3 is 1. The van der Waals surface area contributed by atoms with Crippen LogP contribution >= 0.6 is 11.6 Å². The Kier molecular flexibility index (Phi) is 3.63. The van der Waals surface area contributed by atoms with Crippen molar-refractivity contribution in [2.75, 3.05) is 7.11 Å². The van der Waals surface area contributed by atoms with Crippen molar-refractivity contribution in [3.63, 3.8) is 0 Å². The Labute approximate surface area is 109 Å². The molecule has 0 atom stereocenters. The third-order valence-corrected chi connectivity index (χ3v) is 2.76. The molecular formula is C14H10ClFO2. The molecule has 0 aromatic heterocycles. The predicted molar refractivity (Wildman–Crippen MR) is 67.8 cm³/mol. The van der Waals surface area contributed by atoms with Gasteiger partial charge in [0.15, 0.2) is 5.78 Å². The third kappa shape index (κ3) is 2.36. The molecule has 2 aromatic carbocycles. The lowest BCUT2D eigenvalue weighted by Crippen LogP contribution is -2.06. The van der Waals surface area contributed by atoms with E-state index in [4.69, 9.17) is 16.3 Å². The van der Waals surface area contributed by atoms with Gasteiger partial charge in [-0.3, -0.25) is 4.79 Å². The summed E-state index contributed by atoms with van der Waals surface area (Å²) in [5.74, 6) is -0.648. The van der Waals surface area contributed by atoms with Crippen molar-refractivity contribution in [1.82, 2.24) is 0 Å². The number of carbonyl (C=O) groups excluding carboxylic acids is 1. The number of benzene rings is 2. The van der Waals surface area contributed by atoms with Crippen LogP contribution in [0.1, 0.15) is 15.9 Å². The van der Waals surface area contributed by atoms with Crippen LogP contribution in [0.15, 0.2) is 42.5 Å². The molecule has 0 radical (unpaired) electrons. The van der Waals surface area contributed by atoms with Gasteiger partial charge in [-0.2, -0.15) is 0 Å². The van der Waals surface area contributed by atoms with E-state index in [2.05, 4.69) is 0 Å². The largest absolute Gasteiger partial charge is 0.496 e. The highest BCUT2D eigenvalue weighted by Crippen LogP contribution is 2.24. The van der Waals surface area contributed by atoms with E-state index in [0.29, 0.717) is 16.3 Å². The second-order valence-electron chi connectivity index (χ2n) is 3.65. The summed E-state index contributed by atoms with van der Waals surface area (Å²) < 4.78 is 18.7. The van der Waals surface area contributed by atoms with Crippen LogP contribution in [0.4, 0.5) is 4.39 Å². The van der Waals surface area contributed by atoms with Crippen molar-refractivity contribution in [3.8, 4) is 5.75 Å². The molecule has 18 heavy (non-hydrogen) atoms. The Hall–Kier alpha value is -1.87. The summed E-state index contributed by atoms with van der Waals surface area (Å²) in [6.45, 7) is 0. The zero-order valence-electron chi connectivity index (χ0n) is 9.61. The Morgan fingerprint density at radius 3 is 2.61 bits per heavy atom. The minimum absolute atomic E-state index is 0.0630. The predicted octanol–water partition coefficient (Wildman–Crippen LogP) is 3.72. The van der Waals surface area contributed by atoms with Gasteiger partial charge in [-0.25, -0.2) is 4.39 Å². The van der Waals surface area contributed by atoms with Crippen LogP contribution in [0.3, 0.4) is 0 Å². The molecule has 0 N–H and O–H groups in total. The lowest BCUT2D eigenvalue weighted by Gasteiger charge is -2.08. The second kappa shape index (κ2) is 5.19. The molecule has 0 aliphatic rings. The molecule has 2 rings (SSSR count). The fourth-order valence-electron chi connectivity index (χ4n) is 1.65. The van der Waals surface area contributed by atoms with Gasteiger partial charge >= 0.3 is 0 Å². The number of halogens is 2. The molecule has 2 aromatic rings. The minimum atomic E-state index is -0.602. The van der Waals surface area contributed by atoms with Crippen LogP contribution in [0.2, 0.25) is 5.02 Å². The van der Waals surface area contributed by atoms with E-state index in [1.165, 1.54) is 25.3 Å². The summed E-state index contributed by atoms with van der Waals surface area (Å²) in [6.07, 6.45) is 0. The van der Waals surface area contributed by atoms with Crippen LogP contribution in [-0.2, 0) is 0 Å². The molecule has 0 unspecified atom stereocenters. The van der Waals surface area contributed by atoms with Gasteiger partial charge in [0, 0.05) is 5.02 Å². The summed E-state index contributed by atoms with van der Waals surface area (Å²) in [6, 6.07) is 10.5. The van der Waals surface area contributed by atoms with E-state index in [1.807, 2.05) is 0 Å². The monoisotopic (exact) mass is 264 g/mol. The fourth-order valence-corrected chi connectivity index (χ4v) is 1.82. The van der Waals surface area contributed by atoms with E-state index in [9.17, 15) is 9.18 Å². The molecule has 0 fully saturated rings. The smallest absolute Gasteiger partial charge is 0.199 e. The van der Waals surface area contributed by atoms with Gasteiger partial charge in [0.25, 0.3) is 0 Å². The SMILES string of the molecule is COc1ccccc1C(=O)c1cc(Cl)ccc1F. The van der Waals surface area contributed by atoms with Crippen molar-refractivity contribution in [1.29, 1.82) is 0 Å². The second-order valence-corrected chi connectivity index (χ2v) is 4.09. The number of carbonyl (C=O) groups is 1. The average Bonchev–Trinajstić information content (AvgIpc) is 2.40. The zero-order valence-corrected chi connectivity index (χ0v) is 10.4. The topological polar surface area (TPSA) is 26.3 Å². The van der Waals surface area contributed by atoms with Crippen LogP contribution in [-0.4, -0.2) is 12.9 Å². The van der Waals surface area contributed by atoms with Gasteiger partial charge in [0.2, 0.25) is 0 Å². The molecule has 92 valence electrons. The first-order valence-corrected chi connectivity index (χ1v) is 5.64. The average molecular weight is 265 g/mol. The lowest BCUT2D eigenvalue weighted by atomic mass is 10.0. The van der Waals surface area contributed by atoms with E-state index in [0.717, 1.165) is 0 Å². The summed E-state index contributed by atoms with van der Waals surface area (Å²) >= 11 is 5.77. The molecule has 0 saturated carbocycles. The van der Waals surface area contributed by atoms with E-state index in [1.54, 1.807) is 24.3 Å². The van der Waals surface area contributed by atoms with Crippen molar-refractivity contribution in [2.24, 2.45) is 0 Å². The van der Waals surface area contributed by atoms with Crippen molar-refractivity contribution >= 4 is 17.4 Å². The molecule has 2 nitrogen and oxygen atoms in total. The molecule has 0 saturated heterocycles.